The van der Waals surface area contributed by atoms with Crippen LogP contribution in [0.25, 0.3) is 0 Å². The van der Waals surface area contributed by atoms with Crippen molar-refractivity contribution in [1.29, 1.82) is 0 Å². The minimum atomic E-state index is -0.376. The second-order valence-corrected chi connectivity index (χ2v) is 9.00. The number of benzene rings is 1. The highest BCUT2D eigenvalue weighted by Gasteiger charge is 2.32. The molecule has 2 fully saturated rings. The van der Waals surface area contributed by atoms with Crippen molar-refractivity contribution in [1.82, 2.24) is 19.9 Å². The van der Waals surface area contributed by atoms with E-state index in [2.05, 4.69) is 15.2 Å². The first-order valence-electron chi connectivity index (χ1n) is 12.3. The van der Waals surface area contributed by atoms with E-state index in [1.165, 1.54) is 0 Å². The molecular formula is C25H34N4O5. The van der Waals surface area contributed by atoms with Crippen LogP contribution in [0, 0.1) is 5.92 Å². The lowest BCUT2D eigenvalue weighted by Gasteiger charge is -2.31. The highest BCUT2D eigenvalue weighted by atomic mass is 16.6. The summed E-state index contributed by atoms with van der Waals surface area (Å²) in [6.07, 6.45) is 7.28. The Morgan fingerprint density at radius 3 is 2.74 bits per heavy atom. The van der Waals surface area contributed by atoms with Crippen LogP contribution in [0.5, 0.6) is 5.75 Å². The van der Waals surface area contributed by atoms with Gasteiger partial charge in [0.05, 0.1) is 30.5 Å². The number of likely N-dealkylation sites (tertiary alicyclic amines) is 1. The highest BCUT2D eigenvalue weighted by Crippen LogP contribution is 2.31. The number of aromatic nitrogens is 3. The Bertz CT molecular complexity index is 934. The van der Waals surface area contributed by atoms with Crippen molar-refractivity contribution in [3.8, 4) is 5.75 Å². The average Bonchev–Trinajstić information content (AvgIpc) is 3.32. The predicted molar refractivity (Wildman–Crippen MR) is 124 cm³/mol. The Hall–Kier alpha value is -2.94. The molecule has 0 radical (unpaired) electrons. The van der Waals surface area contributed by atoms with E-state index in [9.17, 15) is 9.59 Å². The molecule has 9 heteroatoms. The summed E-state index contributed by atoms with van der Waals surface area (Å²) >= 11 is 0. The van der Waals surface area contributed by atoms with E-state index in [1.807, 2.05) is 48.1 Å². The molecule has 1 unspecified atom stereocenters. The van der Waals surface area contributed by atoms with Crippen LogP contribution in [0.3, 0.4) is 0 Å². The van der Waals surface area contributed by atoms with E-state index in [0.717, 1.165) is 50.8 Å². The first-order valence-corrected chi connectivity index (χ1v) is 12.3. The molecule has 1 aromatic heterocycles. The van der Waals surface area contributed by atoms with Gasteiger partial charge in [-0.1, -0.05) is 29.8 Å². The zero-order valence-electron chi connectivity index (χ0n) is 19.8. The van der Waals surface area contributed by atoms with Crippen molar-refractivity contribution in [2.24, 2.45) is 5.92 Å². The maximum atomic E-state index is 12.4. The van der Waals surface area contributed by atoms with E-state index in [1.54, 1.807) is 0 Å². The summed E-state index contributed by atoms with van der Waals surface area (Å²) < 4.78 is 18.4. The zero-order valence-corrected chi connectivity index (χ0v) is 19.8. The number of rotatable bonds is 9. The number of piperidine rings is 1. The van der Waals surface area contributed by atoms with Gasteiger partial charge in [-0.05, 0) is 57.7 Å². The zero-order chi connectivity index (χ0) is 23.8. The highest BCUT2D eigenvalue weighted by molar-refractivity contribution is 5.72. The van der Waals surface area contributed by atoms with E-state index >= 15 is 0 Å². The van der Waals surface area contributed by atoms with Crippen molar-refractivity contribution in [3.63, 3.8) is 0 Å². The molecule has 0 bridgehead atoms. The SMILES string of the molecule is CCOC(=O)C1CCCN(Cc2cn([C@@H]3CCCC[C@H]3OC(=O)COc3ccccc3)nn2)C1. The lowest BCUT2D eigenvalue weighted by Crippen LogP contribution is -2.39. The van der Waals surface area contributed by atoms with Crippen molar-refractivity contribution < 1.29 is 23.8 Å². The summed E-state index contributed by atoms with van der Waals surface area (Å²) in [6.45, 7) is 4.37. The van der Waals surface area contributed by atoms with E-state index < -0.39 is 0 Å². The van der Waals surface area contributed by atoms with Gasteiger partial charge < -0.3 is 14.2 Å². The van der Waals surface area contributed by atoms with Crippen molar-refractivity contribution in [2.45, 2.75) is 64.1 Å². The summed E-state index contributed by atoms with van der Waals surface area (Å²) in [5, 5.41) is 8.74. The van der Waals surface area contributed by atoms with Gasteiger partial charge in [0, 0.05) is 13.1 Å². The monoisotopic (exact) mass is 470 g/mol. The Kier molecular flexibility index (Phi) is 8.51. The van der Waals surface area contributed by atoms with Crippen molar-refractivity contribution in [2.75, 3.05) is 26.3 Å². The Labute approximate surface area is 200 Å². The molecule has 1 aliphatic carbocycles. The topological polar surface area (TPSA) is 95.8 Å². The summed E-state index contributed by atoms with van der Waals surface area (Å²) in [6, 6.07) is 9.20. The molecule has 2 aliphatic rings. The Morgan fingerprint density at radius 1 is 1.09 bits per heavy atom. The quantitative estimate of drug-likeness (QED) is 0.516. The summed E-state index contributed by atoms with van der Waals surface area (Å²) in [7, 11) is 0. The molecule has 1 aliphatic heterocycles. The largest absolute Gasteiger partial charge is 0.482 e. The molecule has 34 heavy (non-hydrogen) atoms. The minimum Gasteiger partial charge on any atom is -0.482 e. The second kappa shape index (κ2) is 12.0. The number of esters is 2. The van der Waals surface area contributed by atoms with Crippen LogP contribution in [0.2, 0.25) is 0 Å². The fourth-order valence-electron chi connectivity index (χ4n) is 4.81. The first-order chi connectivity index (χ1) is 16.6. The lowest BCUT2D eigenvalue weighted by molar-refractivity contribution is -0.155. The third-order valence-corrected chi connectivity index (χ3v) is 6.46. The molecule has 0 amide bonds. The standard InChI is InChI=1S/C25H34N4O5/c1-2-32-25(31)19-9-8-14-28(15-19)16-20-17-29(27-26-20)22-12-6-7-13-23(22)34-24(30)18-33-21-10-4-3-5-11-21/h3-5,10-11,17,19,22-23H,2,6-9,12-16,18H2,1H3/t19?,22-,23-/m1/s1. The van der Waals surface area contributed by atoms with E-state index in [-0.39, 0.29) is 36.6 Å². The van der Waals surface area contributed by atoms with E-state index in [4.69, 9.17) is 14.2 Å². The van der Waals surface area contributed by atoms with Crippen LogP contribution in [0.15, 0.2) is 36.5 Å². The molecule has 1 saturated heterocycles. The maximum absolute atomic E-state index is 12.4. The third-order valence-electron chi connectivity index (χ3n) is 6.46. The van der Waals surface area contributed by atoms with Crippen molar-refractivity contribution in [3.05, 3.63) is 42.2 Å². The second-order valence-electron chi connectivity index (χ2n) is 9.00. The number of nitrogens with zero attached hydrogens (tertiary/aromatic N) is 4. The van der Waals surface area contributed by atoms with Gasteiger partial charge in [0.1, 0.15) is 11.9 Å². The average molecular weight is 471 g/mol. The van der Waals surface area contributed by atoms with Gasteiger partial charge in [0.15, 0.2) is 6.61 Å². The van der Waals surface area contributed by atoms with Gasteiger partial charge in [-0.2, -0.15) is 0 Å². The van der Waals surface area contributed by atoms with Crippen LogP contribution in [-0.4, -0.2) is 64.2 Å². The summed E-state index contributed by atoms with van der Waals surface area (Å²) in [4.78, 5) is 26.8. The van der Waals surface area contributed by atoms with E-state index in [0.29, 0.717) is 25.4 Å². The number of hydrogen-bond donors (Lipinski definition) is 0. The van der Waals surface area contributed by atoms with Crippen LogP contribution in [0.4, 0.5) is 0 Å². The molecule has 184 valence electrons. The molecule has 0 spiro atoms. The molecular weight excluding hydrogens is 436 g/mol. The molecule has 3 atom stereocenters. The van der Waals surface area contributed by atoms with Gasteiger partial charge in [0.2, 0.25) is 0 Å². The third kappa shape index (κ3) is 6.56. The number of ether oxygens (including phenoxy) is 3. The fraction of sp³-hybridized carbons (Fsp3) is 0.600. The van der Waals surface area contributed by atoms with Gasteiger partial charge in [-0.3, -0.25) is 9.69 Å². The van der Waals surface area contributed by atoms with Gasteiger partial charge in [-0.25, -0.2) is 9.48 Å². The fourth-order valence-corrected chi connectivity index (χ4v) is 4.81. The Morgan fingerprint density at radius 2 is 1.91 bits per heavy atom. The molecule has 2 heterocycles. The molecule has 1 saturated carbocycles. The summed E-state index contributed by atoms with van der Waals surface area (Å²) in [5.41, 5.74) is 0.854. The number of para-hydroxylation sites is 1. The van der Waals surface area contributed by atoms with Crippen LogP contribution in [0.1, 0.15) is 57.2 Å². The molecule has 1 aromatic carbocycles. The van der Waals surface area contributed by atoms with Gasteiger partial charge >= 0.3 is 11.9 Å². The van der Waals surface area contributed by atoms with Crippen LogP contribution < -0.4 is 4.74 Å². The van der Waals surface area contributed by atoms with Crippen LogP contribution in [-0.2, 0) is 25.6 Å². The lowest BCUT2D eigenvalue weighted by atomic mass is 9.92. The van der Waals surface area contributed by atoms with Crippen molar-refractivity contribution >= 4 is 11.9 Å². The maximum Gasteiger partial charge on any atom is 0.344 e. The van der Waals surface area contributed by atoms with Gasteiger partial charge in [0.25, 0.3) is 0 Å². The smallest absolute Gasteiger partial charge is 0.344 e. The molecule has 4 rings (SSSR count). The number of carbonyl (C=O) groups excluding carboxylic acids is 2. The number of hydrogen-bond acceptors (Lipinski definition) is 8. The van der Waals surface area contributed by atoms with Gasteiger partial charge in [-0.15, -0.1) is 5.10 Å². The molecule has 0 N–H and O–H groups in total. The predicted octanol–water partition coefficient (Wildman–Crippen LogP) is 3.16. The first kappa shape index (κ1) is 24.2. The van der Waals surface area contributed by atoms with Crippen LogP contribution >= 0.6 is 0 Å². The normalized spacial score (nSPS) is 23.3. The molecule has 9 nitrogen and oxygen atoms in total. The Balaban J connectivity index is 1.31. The summed E-state index contributed by atoms with van der Waals surface area (Å²) in [5.74, 6) is 0.0748. The number of carbonyl (C=O) groups is 2. The molecule has 2 aromatic rings. The minimum absolute atomic E-state index is 0.0377.